The minimum atomic E-state index is -1.11. The summed E-state index contributed by atoms with van der Waals surface area (Å²) in [6.07, 6.45) is 4.59. The number of carbonyl (C=O) groups excluding carboxylic acids is 3. The van der Waals surface area contributed by atoms with Crippen LogP contribution in [0.3, 0.4) is 0 Å². The minimum Gasteiger partial charge on any atom is -0.454 e. The van der Waals surface area contributed by atoms with Crippen LogP contribution in [0.15, 0.2) is 18.2 Å². The fourth-order valence-electron chi connectivity index (χ4n) is 4.40. The van der Waals surface area contributed by atoms with Crippen LogP contribution < -0.4 is 20.1 Å². The normalized spacial score (nSPS) is 28.4. The fraction of sp³-hybridized carbons (Fsp3) is 0.571. The maximum absolute atomic E-state index is 13.0. The third kappa shape index (κ3) is 3.88. The van der Waals surface area contributed by atoms with Gasteiger partial charge in [-0.3, -0.25) is 14.5 Å². The highest BCUT2D eigenvalue weighted by molar-refractivity contribution is 6.09. The summed E-state index contributed by atoms with van der Waals surface area (Å²) < 4.78 is 10.7. The van der Waals surface area contributed by atoms with E-state index in [4.69, 9.17) is 9.47 Å². The Hall–Kier alpha value is -2.77. The number of imide groups is 1. The Balaban J connectivity index is 1.40. The first-order valence-electron chi connectivity index (χ1n) is 10.2. The maximum Gasteiger partial charge on any atom is 0.325 e. The second-order valence-electron chi connectivity index (χ2n) is 8.45. The summed E-state index contributed by atoms with van der Waals surface area (Å²) in [4.78, 5) is 38.9. The van der Waals surface area contributed by atoms with Crippen LogP contribution in [-0.4, -0.2) is 47.7 Å². The van der Waals surface area contributed by atoms with Crippen molar-refractivity contribution in [2.75, 3.05) is 13.3 Å². The number of nitrogens with zero attached hydrogens (tertiary/aromatic N) is 1. The number of hydrogen-bond donors (Lipinski definition) is 2. The Morgan fingerprint density at radius 1 is 1.24 bits per heavy atom. The monoisotopic (exact) mass is 401 g/mol. The van der Waals surface area contributed by atoms with Gasteiger partial charge < -0.3 is 20.1 Å². The zero-order chi connectivity index (χ0) is 20.6. The van der Waals surface area contributed by atoms with E-state index in [0.717, 1.165) is 29.7 Å². The molecule has 156 valence electrons. The molecule has 1 aromatic rings. The molecular formula is C21H27N3O5. The predicted octanol–water partition coefficient (Wildman–Crippen LogP) is 1.96. The topological polar surface area (TPSA) is 97.0 Å². The van der Waals surface area contributed by atoms with Crippen molar-refractivity contribution in [1.82, 2.24) is 15.5 Å². The molecule has 8 heteroatoms. The van der Waals surface area contributed by atoms with Crippen molar-refractivity contribution in [2.45, 2.75) is 57.5 Å². The summed E-state index contributed by atoms with van der Waals surface area (Å²) in [5, 5.41) is 5.75. The quantitative estimate of drug-likeness (QED) is 0.736. The zero-order valence-electron chi connectivity index (χ0n) is 16.8. The minimum absolute atomic E-state index is 0.108. The molecule has 3 atom stereocenters. The van der Waals surface area contributed by atoms with E-state index in [1.54, 1.807) is 13.0 Å². The zero-order valence-corrected chi connectivity index (χ0v) is 16.8. The summed E-state index contributed by atoms with van der Waals surface area (Å²) in [6.45, 7) is 3.72. The second-order valence-corrected chi connectivity index (χ2v) is 8.45. The van der Waals surface area contributed by atoms with Gasteiger partial charge in [0.1, 0.15) is 12.1 Å². The molecule has 0 bridgehead atoms. The van der Waals surface area contributed by atoms with Gasteiger partial charge in [0.15, 0.2) is 11.5 Å². The van der Waals surface area contributed by atoms with Gasteiger partial charge >= 0.3 is 6.03 Å². The van der Waals surface area contributed by atoms with Gasteiger partial charge in [0, 0.05) is 12.5 Å². The maximum atomic E-state index is 13.0. The number of carbonyl (C=O) groups is 3. The molecule has 0 radical (unpaired) electrons. The van der Waals surface area contributed by atoms with Crippen molar-refractivity contribution in [3.63, 3.8) is 0 Å². The lowest BCUT2D eigenvalue weighted by atomic mass is 9.86. The van der Waals surface area contributed by atoms with Crippen LogP contribution in [0.5, 0.6) is 11.5 Å². The molecule has 0 aromatic heterocycles. The highest BCUT2D eigenvalue weighted by atomic mass is 16.7. The SMILES string of the molecule is C[C@H]1CCCC[C@H]1NC(=O)CN1C(=O)N[C@](C)(Cc2ccc3c(c2)OCO3)C1=O. The molecule has 0 unspecified atom stereocenters. The van der Waals surface area contributed by atoms with Gasteiger partial charge in [0.25, 0.3) is 5.91 Å². The van der Waals surface area contributed by atoms with Gasteiger partial charge in [-0.25, -0.2) is 4.79 Å². The van der Waals surface area contributed by atoms with Gasteiger partial charge in [0.05, 0.1) is 0 Å². The van der Waals surface area contributed by atoms with Crippen molar-refractivity contribution >= 4 is 17.8 Å². The number of rotatable bonds is 5. The molecular weight excluding hydrogens is 374 g/mol. The van der Waals surface area contributed by atoms with Crippen molar-refractivity contribution in [1.29, 1.82) is 0 Å². The first kappa shape index (κ1) is 19.5. The van der Waals surface area contributed by atoms with E-state index in [1.807, 2.05) is 12.1 Å². The molecule has 3 aliphatic rings. The summed E-state index contributed by atoms with van der Waals surface area (Å²) >= 11 is 0. The van der Waals surface area contributed by atoms with Crippen molar-refractivity contribution < 1.29 is 23.9 Å². The Kier molecular flexibility index (Phi) is 5.10. The van der Waals surface area contributed by atoms with E-state index in [-0.39, 0.29) is 25.3 Å². The number of nitrogens with one attached hydrogen (secondary N) is 2. The van der Waals surface area contributed by atoms with E-state index >= 15 is 0 Å². The molecule has 29 heavy (non-hydrogen) atoms. The lowest BCUT2D eigenvalue weighted by molar-refractivity contribution is -0.134. The molecule has 8 nitrogen and oxygen atoms in total. The molecule has 4 amide bonds. The Morgan fingerprint density at radius 2 is 2.00 bits per heavy atom. The lowest BCUT2D eigenvalue weighted by Crippen LogP contribution is -2.48. The average molecular weight is 401 g/mol. The molecule has 4 rings (SSSR count). The highest BCUT2D eigenvalue weighted by Crippen LogP contribution is 2.34. The molecule has 2 fully saturated rings. The summed E-state index contributed by atoms with van der Waals surface area (Å²) in [5.74, 6) is 1.01. The Morgan fingerprint density at radius 3 is 2.79 bits per heavy atom. The van der Waals surface area contributed by atoms with Gasteiger partial charge in [-0.2, -0.15) is 0 Å². The van der Waals surface area contributed by atoms with E-state index in [1.165, 1.54) is 6.42 Å². The van der Waals surface area contributed by atoms with E-state index in [9.17, 15) is 14.4 Å². The molecule has 1 aliphatic carbocycles. The van der Waals surface area contributed by atoms with Crippen LogP contribution in [0.2, 0.25) is 0 Å². The van der Waals surface area contributed by atoms with Crippen molar-refractivity contribution in [3.8, 4) is 11.5 Å². The summed E-state index contributed by atoms with van der Waals surface area (Å²) in [7, 11) is 0. The smallest absolute Gasteiger partial charge is 0.325 e. The second kappa shape index (κ2) is 7.57. The molecule has 2 aliphatic heterocycles. The van der Waals surface area contributed by atoms with Gasteiger partial charge in [-0.15, -0.1) is 0 Å². The molecule has 1 aromatic carbocycles. The Labute approximate surface area is 169 Å². The van der Waals surface area contributed by atoms with E-state index < -0.39 is 17.5 Å². The largest absolute Gasteiger partial charge is 0.454 e. The van der Waals surface area contributed by atoms with E-state index in [2.05, 4.69) is 17.6 Å². The van der Waals surface area contributed by atoms with Gasteiger partial charge in [0.2, 0.25) is 12.7 Å². The number of urea groups is 1. The van der Waals surface area contributed by atoms with Crippen LogP contribution in [-0.2, 0) is 16.0 Å². The fourth-order valence-corrected chi connectivity index (χ4v) is 4.40. The number of amides is 4. The molecule has 0 spiro atoms. The molecule has 1 saturated heterocycles. The third-order valence-corrected chi connectivity index (χ3v) is 6.10. The van der Waals surface area contributed by atoms with Gasteiger partial charge in [-0.1, -0.05) is 25.8 Å². The lowest BCUT2D eigenvalue weighted by Gasteiger charge is -2.30. The number of benzene rings is 1. The van der Waals surface area contributed by atoms with Crippen LogP contribution >= 0.6 is 0 Å². The summed E-state index contributed by atoms with van der Waals surface area (Å²) in [5.41, 5.74) is -0.267. The predicted molar refractivity (Wildman–Crippen MR) is 104 cm³/mol. The van der Waals surface area contributed by atoms with Crippen molar-refractivity contribution in [3.05, 3.63) is 23.8 Å². The standard InChI is InChI=1S/C21H27N3O5/c1-13-5-3-4-6-15(13)22-18(25)11-24-19(26)21(2,23-20(24)27)10-14-7-8-16-17(9-14)29-12-28-16/h7-9,13,15H,3-6,10-12H2,1-2H3,(H,22,25)(H,23,27)/t13-,15+,21+/m0/s1. The number of fused-ring (bicyclic) bond motifs is 1. The first-order valence-corrected chi connectivity index (χ1v) is 10.2. The van der Waals surface area contributed by atoms with E-state index in [0.29, 0.717) is 23.8 Å². The first-order chi connectivity index (χ1) is 13.9. The van der Waals surface area contributed by atoms with Crippen LogP contribution in [0.1, 0.15) is 45.1 Å². The van der Waals surface area contributed by atoms with Crippen LogP contribution in [0, 0.1) is 5.92 Å². The Bertz CT molecular complexity index is 842. The molecule has 2 heterocycles. The van der Waals surface area contributed by atoms with Gasteiger partial charge in [-0.05, 0) is 43.4 Å². The van der Waals surface area contributed by atoms with Crippen LogP contribution in [0.4, 0.5) is 4.79 Å². The summed E-state index contributed by atoms with van der Waals surface area (Å²) in [6, 6.07) is 5.02. The number of ether oxygens (including phenoxy) is 2. The average Bonchev–Trinajstić information content (AvgIpc) is 3.22. The molecule has 2 N–H and O–H groups in total. The third-order valence-electron chi connectivity index (χ3n) is 6.10. The highest BCUT2D eigenvalue weighted by Gasteiger charge is 2.48. The molecule has 1 saturated carbocycles. The van der Waals surface area contributed by atoms with Crippen LogP contribution in [0.25, 0.3) is 0 Å². The number of hydrogen-bond acceptors (Lipinski definition) is 5. The van der Waals surface area contributed by atoms with Crippen molar-refractivity contribution in [2.24, 2.45) is 5.92 Å².